The van der Waals surface area contributed by atoms with Crippen LogP contribution in [0.15, 0.2) is 72.8 Å². The van der Waals surface area contributed by atoms with Crippen LogP contribution in [0, 0.1) is 11.6 Å². The number of nitrogens with one attached hydrogen (secondary N) is 2. The quantitative estimate of drug-likeness (QED) is 0.638. The zero-order valence-electron chi connectivity index (χ0n) is 15.3. The Bertz CT molecular complexity index is 990. The smallest absolute Gasteiger partial charge is 0.254 e. The van der Waals surface area contributed by atoms with Crippen LogP contribution in [0.4, 0.5) is 8.78 Å². The number of rotatable bonds is 7. The molecule has 0 aromatic heterocycles. The van der Waals surface area contributed by atoms with Crippen molar-refractivity contribution in [1.29, 1.82) is 0 Å². The SMILES string of the molecule is O=C(CNC(=O)c1ccccc1F)NCc1ccc(Oc2ccc(F)cc2)cc1. The van der Waals surface area contributed by atoms with Gasteiger partial charge in [0.1, 0.15) is 23.1 Å². The fraction of sp³-hybridized carbons (Fsp3) is 0.0909. The summed E-state index contributed by atoms with van der Waals surface area (Å²) in [4.78, 5) is 23.8. The number of halogens is 2. The van der Waals surface area contributed by atoms with Gasteiger partial charge < -0.3 is 15.4 Å². The highest BCUT2D eigenvalue weighted by Gasteiger charge is 2.11. The standard InChI is InChI=1S/C22H18F2N2O3/c23-16-7-11-18(12-8-16)29-17-9-5-15(6-10-17)13-25-21(27)14-26-22(28)19-3-1-2-4-20(19)24/h1-12H,13-14H2,(H,25,27)(H,26,28). The predicted octanol–water partition coefficient (Wildman–Crippen LogP) is 3.80. The lowest BCUT2D eigenvalue weighted by Gasteiger charge is -2.09. The van der Waals surface area contributed by atoms with Gasteiger partial charge in [-0.1, -0.05) is 24.3 Å². The first-order valence-electron chi connectivity index (χ1n) is 8.83. The molecule has 0 fully saturated rings. The minimum absolute atomic E-state index is 0.114. The number of ether oxygens (including phenoxy) is 1. The number of hydrogen-bond acceptors (Lipinski definition) is 3. The lowest BCUT2D eigenvalue weighted by molar-refractivity contribution is -0.120. The third-order valence-electron chi connectivity index (χ3n) is 3.99. The van der Waals surface area contributed by atoms with Gasteiger partial charge in [-0.25, -0.2) is 8.78 Å². The van der Waals surface area contributed by atoms with Crippen LogP contribution in [0.1, 0.15) is 15.9 Å². The zero-order valence-corrected chi connectivity index (χ0v) is 15.3. The lowest BCUT2D eigenvalue weighted by Crippen LogP contribution is -2.36. The van der Waals surface area contributed by atoms with Crippen molar-refractivity contribution in [2.75, 3.05) is 6.54 Å². The number of amides is 2. The van der Waals surface area contributed by atoms with E-state index in [0.717, 1.165) is 5.56 Å². The Balaban J connectivity index is 1.44. The summed E-state index contributed by atoms with van der Waals surface area (Å²) >= 11 is 0. The van der Waals surface area contributed by atoms with Crippen molar-refractivity contribution in [2.45, 2.75) is 6.54 Å². The van der Waals surface area contributed by atoms with Gasteiger partial charge in [0.25, 0.3) is 5.91 Å². The number of hydrogen-bond donors (Lipinski definition) is 2. The van der Waals surface area contributed by atoms with Crippen molar-refractivity contribution in [2.24, 2.45) is 0 Å². The number of carbonyl (C=O) groups excluding carboxylic acids is 2. The van der Waals surface area contributed by atoms with Gasteiger partial charge in [-0.3, -0.25) is 9.59 Å². The van der Waals surface area contributed by atoms with Gasteiger partial charge in [0.15, 0.2) is 0 Å². The Hall–Kier alpha value is -3.74. The Labute approximate surface area is 166 Å². The average molecular weight is 396 g/mol. The maximum atomic E-state index is 13.5. The van der Waals surface area contributed by atoms with Crippen LogP contribution in [-0.2, 0) is 11.3 Å². The predicted molar refractivity (Wildman–Crippen MR) is 103 cm³/mol. The van der Waals surface area contributed by atoms with E-state index in [9.17, 15) is 18.4 Å². The first-order chi connectivity index (χ1) is 14.0. The van der Waals surface area contributed by atoms with Crippen molar-refractivity contribution in [1.82, 2.24) is 10.6 Å². The molecule has 2 N–H and O–H groups in total. The van der Waals surface area contributed by atoms with E-state index in [1.54, 1.807) is 30.3 Å². The summed E-state index contributed by atoms with van der Waals surface area (Å²) in [5.41, 5.74) is 0.710. The van der Waals surface area contributed by atoms with Gasteiger partial charge in [-0.2, -0.15) is 0 Å². The Kier molecular flexibility index (Phi) is 6.52. The molecule has 0 atom stereocenters. The molecule has 5 nitrogen and oxygen atoms in total. The van der Waals surface area contributed by atoms with Crippen LogP contribution in [0.5, 0.6) is 11.5 Å². The maximum Gasteiger partial charge on any atom is 0.254 e. The topological polar surface area (TPSA) is 67.4 Å². The second-order valence-corrected chi connectivity index (χ2v) is 6.14. The summed E-state index contributed by atoms with van der Waals surface area (Å²) in [6, 6.07) is 18.2. The molecule has 3 aromatic carbocycles. The molecule has 2 amide bonds. The van der Waals surface area contributed by atoms with E-state index in [1.165, 1.54) is 42.5 Å². The van der Waals surface area contributed by atoms with Gasteiger partial charge in [-0.05, 0) is 54.1 Å². The molecule has 3 aromatic rings. The molecular formula is C22H18F2N2O3. The molecule has 3 rings (SSSR count). The Morgan fingerprint density at radius 3 is 2.07 bits per heavy atom. The summed E-state index contributed by atoms with van der Waals surface area (Å²) in [6.45, 7) is -0.00976. The molecule has 7 heteroatoms. The maximum absolute atomic E-state index is 13.5. The van der Waals surface area contributed by atoms with Crippen molar-refractivity contribution in [3.63, 3.8) is 0 Å². The third kappa shape index (κ3) is 5.87. The lowest BCUT2D eigenvalue weighted by atomic mass is 10.2. The fourth-order valence-corrected chi connectivity index (χ4v) is 2.48. The van der Waals surface area contributed by atoms with Crippen molar-refractivity contribution in [3.8, 4) is 11.5 Å². The average Bonchev–Trinajstić information content (AvgIpc) is 2.73. The van der Waals surface area contributed by atoms with E-state index in [-0.39, 0.29) is 24.5 Å². The van der Waals surface area contributed by atoms with Crippen molar-refractivity contribution in [3.05, 3.63) is 95.6 Å². The number of carbonyl (C=O) groups is 2. The summed E-state index contributed by atoms with van der Waals surface area (Å²) in [7, 11) is 0. The van der Waals surface area contributed by atoms with Crippen molar-refractivity contribution < 1.29 is 23.1 Å². The molecule has 0 bridgehead atoms. The van der Waals surface area contributed by atoms with Crippen LogP contribution < -0.4 is 15.4 Å². The molecule has 0 aliphatic carbocycles. The summed E-state index contributed by atoms with van der Waals surface area (Å²) < 4.78 is 32.0. The molecule has 0 saturated carbocycles. The summed E-state index contributed by atoms with van der Waals surface area (Å²) in [5.74, 6) is -0.953. The molecule has 0 aliphatic heterocycles. The highest BCUT2D eigenvalue weighted by molar-refractivity contribution is 5.96. The molecule has 0 unspecified atom stereocenters. The third-order valence-corrected chi connectivity index (χ3v) is 3.99. The summed E-state index contributed by atoms with van der Waals surface area (Å²) in [6.07, 6.45) is 0. The Morgan fingerprint density at radius 1 is 0.793 bits per heavy atom. The van der Waals surface area contributed by atoms with Gasteiger partial charge in [0.2, 0.25) is 5.91 Å². The van der Waals surface area contributed by atoms with E-state index in [0.29, 0.717) is 11.5 Å². The van der Waals surface area contributed by atoms with E-state index in [4.69, 9.17) is 4.74 Å². The highest BCUT2D eigenvalue weighted by Crippen LogP contribution is 2.21. The van der Waals surface area contributed by atoms with E-state index in [2.05, 4.69) is 10.6 Å². The largest absolute Gasteiger partial charge is 0.457 e. The van der Waals surface area contributed by atoms with E-state index in [1.807, 2.05) is 0 Å². The monoisotopic (exact) mass is 396 g/mol. The molecule has 0 heterocycles. The van der Waals surface area contributed by atoms with Gasteiger partial charge in [0.05, 0.1) is 12.1 Å². The Morgan fingerprint density at radius 2 is 1.41 bits per heavy atom. The van der Waals surface area contributed by atoms with E-state index < -0.39 is 17.6 Å². The molecule has 0 spiro atoms. The van der Waals surface area contributed by atoms with Gasteiger partial charge in [-0.15, -0.1) is 0 Å². The normalized spacial score (nSPS) is 10.3. The molecule has 0 aliphatic rings. The minimum Gasteiger partial charge on any atom is -0.457 e. The zero-order chi connectivity index (χ0) is 20.6. The molecular weight excluding hydrogens is 378 g/mol. The van der Waals surface area contributed by atoms with Crippen LogP contribution in [0.3, 0.4) is 0 Å². The van der Waals surface area contributed by atoms with Crippen molar-refractivity contribution >= 4 is 11.8 Å². The second-order valence-electron chi connectivity index (χ2n) is 6.14. The molecule has 148 valence electrons. The molecule has 0 saturated heterocycles. The number of benzene rings is 3. The second kappa shape index (κ2) is 9.45. The van der Waals surface area contributed by atoms with Crippen LogP contribution in [0.2, 0.25) is 0 Å². The van der Waals surface area contributed by atoms with Gasteiger partial charge >= 0.3 is 0 Å². The molecule has 29 heavy (non-hydrogen) atoms. The van der Waals surface area contributed by atoms with Crippen LogP contribution >= 0.6 is 0 Å². The summed E-state index contributed by atoms with van der Waals surface area (Å²) in [5, 5.41) is 5.04. The molecule has 0 radical (unpaired) electrons. The minimum atomic E-state index is -0.652. The van der Waals surface area contributed by atoms with Crippen LogP contribution in [0.25, 0.3) is 0 Å². The highest BCUT2D eigenvalue weighted by atomic mass is 19.1. The van der Waals surface area contributed by atoms with Gasteiger partial charge in [0, 0.05) is 6.54 Å². The van der Waals surface area contributed by atoms with E-state index >= 15 is 0 Å². The van der Waals surface area contributed by atoms with Crippen LogP contribution in [-0.4, -0.2) is 18.4 Å². The fourth-order valence-electron chi connectivity index (χ4n) is 2.48. The first kappa shape index (κ1) is 20.0. The first-order valence-corrected chi connectivity index (χ1v) is 8.83.